The molecule has 0 atom stereocenters. The Hall–Kier alpha value is -2.55. The summed E-state index contributed by atoms with van der Waals surface area (Å²) in [7, 11) is 1.43. The SMILES string of the molecule is CC(C)c1cc(C(=O)N(C)CC(=O)Nc2ccc(Cl)c(C(F)(F)F)c2)nn1C(C)(C)C. The molecule has 170 valence electrons. The van der Waals surface area contributed by atoms with Crippen LogP contribution in [0.2, 0.25) is 5.02 Å². The maximum absolute atomic E-state index is 13.0. The molecule has 0 bridgehead atoms. The summed E-state index contributed by atoms with van der Waals surface area (Å²) in [5, 5.41) is 6.31. The van der Waals surface area contributed by atoms with Crippen molar-refractivity contribution in [3.8, 4) is 0 Å². The molecule has 31 heavy (non-hydrogen) atoms. The first-order valence-corrected chi connectivity index (χ1v) is 10.0. The molecule has 1 aromatic carbocycles. The summed E-state index contributed by atoms with van der Waals surface area (Å²) in [5.74, 6) is -0.979. The number of benzene rings is 1. The van der Waals surface area contributed by atoms with Crippen molar-refractivity contribution in [2.24, 2.45) is 0 Å². The van der Waals surface area contributed by atoms with E-state index in [1.165, 1.54) is 13.1 Å². The van der Waals surface area contributed by atoms with Gasteiger partial charge in [0.1, 0.15) is 0 Å². The molecule has 0 saturated carbocycles. The maximum atomic E-state index is 13.0. The Morgan fingerprint density at radius 2 is 1.81 bits per heavy atom. The van der Waals surface area contributed by atoms with Gasteiger partial charge in [0.05, 0.1) is 22.7 Å². The van der Waals surface area contributed by atoms with Crippen LogP contribution in [0.4, 0.5) is 18.9 Å². The molecule has 0 saturated heterocycles. The van der Waals surface area contributed by atoms with Crippen LogP contribution in [0.25, 0.3) is 0 Å². The average Bonchev–Trinajstić information content (AvgIpc) is 3.07. The van der Waals surface area contributed by atoms with Crippen molar-refractivity contribution in [1.29, 1.82) is 0 Å². The molecule has 1 aromatic heterocycles. The molecule has 0 aliphatic carbocycles. The molecule has 0 unspecified atom stereocenters. The minimum atomic E-state index is -4.65. The Balaban J connectivity index is 2.14. The number of rotatable bonds is 5. The first kappa shape index (κ1) is 24.7. The number of anilines is 1. The second-order valence-corrected chi connectivity index (χ2v) is 9.00. The zero-order valence-corrected chi connectivity index (χ0v) is 19.0. The van der Waals surface area contributed by atoms with E-state index in [9.17, 15) is 22.8 Å². The Kier molecular flexibility index (Phi) is 7.10. The van der Waals surface area contributed by atoms with Crippen molar-refractivity contribution < 1.29 is 22.8 Å². The number of hydrogen-bond donors (Lipinski definition) is 1. The van der Waals surface area contributed by atoms with E-state index in [4.69, 9.17) is 11.6 Å². The molecule has 2 aromatic rings. The van der Waals surface area contributed by atoms with Crippen molar-refractivity contribution in [2.45, 2.75) is 52.3 Å². The van der Waals surface area contributed by atoms with Gasteiger partial charge in [0, 0.05) is 18.4 Å². The standard InChI is InChI=1S/C21H26ClF3N4O2/c1-12(2)17-10-16(27-29(17)20(3,4)5)19(31)28(6)11-18(30)26-13-7-8-15(22)14(9-13)21(23,24)25/h7-10,12H,11H2,1-6H3,(H,26,30). The largest absolute Gasteiger partial charge is 0.417 e. The van der Waals surface area contributed by atoms with Crippen molar-refractivity contribution in [3.63, 3.8) is 0 Å². The number of amides is 2. The van der Waals surface area contributed by atoms with Crippen molar-refractivity contribution in [3.05, 3.63) is 46.2 Å². The summed E-state index contributed by atoms with van der Waals surface area (Å²) >= 11 is 5.59. The second-order valence-electron chi connectivity index (χ2n) is 8.59. The lowest BCUT2D eigenvalue weighted by Gasteiger charge is -2.23. The third kappa shape index (κ3) is 6.00. The van der Waals surface area contributed by atoms with Crippen LogP contribution in [-0.2, 0) is 16.5 Å². The average molecular weight is 459 g/mol. The van der Waals surface area contributed by atoms with Gasteiger partial charge in [0.15, 0.2) is 5.69 Å². The Bertz CT molecular complexity index is 978. The molecular weight excluding hydrogens is 433 g/mol. The van der Waals surface area contributed by atoms with Gasteiger partial charge in [-0.3, -0.25) is 14.3 Å². The third-order valence-electron chi connectivity index (χ3n) is 4.47. The molecule has 2 rings (SSSR count). The van der Waals surface area contributed by atoms with Gasteiger partial charge in [-0.1, -0.05) is 25.4 Å². The number of hydrogen-bond acceptors (Lipinski definition) is 3. The van der Waals surface area contributed by atoms with Crippen LogP contribution in [0.15, 0.2) is 24.3 Å². The number of alkyl halides is 3. The smallest absolute Gasteiger partial charge is 0.331 e. The highest BCUT2D eigenvalue weighted by atomic mass is 35.5. The monoisotopic (exact) mass is 458 g/mol. The number of nitrogens with one attached hydrogen (secondary N) is 1. The molecule has 1 N–H and O–H groups in total. The summed E-state index contributed by atoms with van der Waals surface area (Å²) in [5.41, 5.74) is -0.375. The van der Waals surface area contributed by atoms with E-state index in [1.54, 1.807) is 10.7 Å². The van der Waals surface area contributed by atoms with Gasteiger partial charge in [-0.25, -0.2) is 0 Å². The van der Waals surface area contributed by atoms with Crippen LogP contribution in [0, 0.1) is 0 Å². The maximum Gasteiger partial charge on any atom is 0.417 e. The number of likely N-dealkylation sites (N-methyl/N-ethyl adjacent to an activating group) is 1. The molecule has 0 aliphatic rings. The van der Waals surface area contributed by atoms with Gasteiger partial charge in [-0.15, -0.1) is 0 Å². The summed E-state index contributed by atoms with van der Waals surface area (Å²) < 4.78 is 40.7. The summed E-state index contributed by atoms with van der Waals surface area (Å²) in [4.78, 5) is 26.2. The van der Waals surface area contributed by atoms with E-state index in [2.05, 4.69) is 10.4 Å². The highest BCUT2D eigenvalue weighted by molar-refractivity contribution is 6.31. The van der Waals surface area contributed by atoms with Crippen molar-refractivity contribution in [2.75, 3.05) is 18.9 Å². The Labute approximate surface area is 184 Å². The first-order chi connectivity index (χ1) is 14.1. The number of carbonyl (C=O) groups excluding carboxylic acids is 2. The highest BCUT2D eigenvalue weighted by Crippen LogP contribution is 2.36. The van der Waals surface area contributed by atoms with Crippen LogP contribution in [0.1, 0.15) is 62.3 Å². The van der Waals surface area contributed by atoms with Gasteiger partial charge < -0.3 is 10.2 Å². The normalized spacial score (nSPS) is 12.2. The lowest BCUT2D eigenvalue weighted by atomic mass is 10.1. The van der Waals surface area contributed by atoms with E-state index in [-0.39, 0.29) is 29.4 Å². The third-order valence-corrected chi connectivity index (χ3v) is 4.80. The lowest BCUT2D eigenvalue weighted by molar-refractivity contribution is -0.137. The van der Waals surface area contributed by atoms with Gasteiger partial charge >= 0.3 is 6.18 Å². The molecule has 6 nitrogen and oxygen atoms in total. The molecule has 0 spiro atoms. The molecule has 0 aliphatic heterocycles. The molecule has 1 heterocycles. The topological polar surface area (TPSA) is 67.2 Å². The minimum Gasteiger partial charge on any atom is -0.331 e. The van der Waals surface area contributed by atoms with Gasteiger partial charge in [-0.05, 0) is 51.0 Å². The highest BCUT2D eigenvalue weighted by Gasteiger charge is 2.33. The van der Waals surface area contributed by atoms with Crippen LogP contribution in [0.5, 0.6) is 0 Å². The fourth-order valence-electron chi connectivity index (χ4n) is 2.95. The molecule has 10 heteroatoms. The van der Waals surface area contributed by atoms with Crippen LogP contribution >= 0.6 is 11.6 Å². The summed E-state index contributed by atoms with van der Waals surface area (Å²) in [6.45, 7) is 9.54. The van der Waals surface area contributed by atoms with E-state index in [0.717, 1.165) is 22.7 Å². The minimum absolute atomic E-state index is 0.0679. The molecule has 0 fully saturated rings. The second kappa shape index (κ2) is 8.90. The number of aromatic nitrogens is 2. The summed E-state index contributed by atoms with van der Waals surface area (Å²) in [6, 6.07) is 4.77. The zero-order chi connectivity index (χ0) is 23.7. The molecule has 0 radical (unpaired) electrons. The van der Waals surface area contributed by atoms with Crippen LogP contribution < -0.4 is 5.32 Å². The zero-order valence-electron chi connectivity index (χ0n) is 18.3. The quantitative estimate of drug-likeness (QED) is 0.674. The fourth-order valence-corrected chi connectivity index (χ4v) is 3.18. The van der Waals surface area contributed by atoms with E-state index < -0.39 is 28.6 Å². The molecule has 2 amide bonds. The predicted octanol–water partition coefficient (Wildman–Crippen LogP) is 5.14. The van der Waals surface area contributed by atoms with E-state index in [1.807, 2.05) is 34.6 Å². The van der Waals surface area contributed by atoms with Gasteiger partial charge in [-0.2, -0.15) is 18.3 Å². The van der Waals surface area contributed by atoms with Crippen molar-refractivity contribution in [1.82, 2.24) is 14.7 Å². The van der Waals surface area contributed by atoms with Crippen LogP contribution in [0.3, 0.4) is 0 Å². The number of halogens is 4. The van der Waals surface area contributed by atoms with Gasteiger partial charge in [0.2, 0.25) is 5.91 Å². The lowest BCUT2D eigenvalue weighted by Crippen LogP contribution is -2.35. The number of carbonyl (C=O) groups is 2. The first-order valence-electron chi connectivity index (χ1n) is 9.63. The van der Waals surface area contributed by atoms with Gasteiger partial charge in [0.25, 0.3) is 5.91 Å². The molecular formula is C21H26ClF3N4O2. The fraction of sp³-hybridized carbons (Fsp3) is 0.476. The van der Waals surface area contributed by atoms with E-state index in [0.29, 0.717) is 0 Å². The predicted molar refractivity (Wildman–Crippen MR) is 113 cm³/mol. The van der Waals surface area contributed by atoms with Crippen LogP contribution in [-0.4, -0.2) is 40.1 Å². The number of nitrogens with zero attached hydrogens (tertiary/aromatic N) is 3. The van der Waals surface area contributed by atoms with Crippen molar-refractivity contribution >= 4 is 29.1 Å². The Morgan fingerprint density at radius 1 is 1.19 bits per heavy atom. The van der Waals surface area contributed by atoms with E-state index >= 15 is 0 Å². The Morgan fingerprint density at radius 3 is 2.29 bits per heavy atom. The summed E-state index contributed by atoms with van der Waals surface area (Å²) in [6.07, 6.45) is -4.65.